The molecule has 5 nitrogen and oxygen atoms in total. The summed E-state index contributed by atoms with van der Waals surface area (Å²) in [5.41, 5.74) is 4.21. The highest BCUT2D eigenvalue weighted by molar-refractivity contribution is 7.18. The van der Waals surface area contributed by atoms with Crippen LogP contribution in [0.15, 0.2) is 53.3 Å². The van der Waals surface area contributed by atoms with Crippen LogP contribution in [0.1, 0.15) is 32.8 Å². The van der Waals surface area contributed by atoms with Crippen molar-refractivity contribution < 1.29 is 4.79 Å². The van der Waals surface area contributed by atoms with Crippen molar-refractivity contribution in [1.29, 1.82) is 0 Å². The lowest BCUT2D eigenvalue weighted by molar-refractivity contribution is 0.102. The Morgan fingerprint density at radius 2 is 1.97 bits per heavy atom. The Morgan fingerprint density at radius 3 is 2.79 bits per heavy atom. The molecule has 0 aliphatic heterocycles. The van der Waals surface area contributed by atoms with Crippen LogP contribution in [0.5, 0.6) is 0 Å². The van der Waals surface area contributed by atoms with Crippen LogP contribution in [0.4, 0.5) is 5.69 Å². The molecule has 0 fully saturated rings. The molecule has 144 valence electrons. The van der Waals surface area contributed by atoms with E-state index in [4.69, 9.17) is 4.98 Å². The summed E-state index contributed by atoms with van der Waals surface area (Å²) in [6.07, 6.45) is 3.10. The second-order valence-electron chi connectivity index (χ2n) is 7.35. The van der Waals surface area contributed by atoms with Crippen LogP contribution < -0.4 is 10.9 Å². The Hall–Kier alpha value is -3.25. The number of aromatic amines is 1. The quantitative estimate of drug-likeness (QED) is 0.522. The minimum Gasteiger partial charge on any atom is -0.322 e. The zero-order chi connectivity index (χ0) is 20.0. The number of aromatic nitrogens is 2. The Balaban J connectivity index is 1.47. The van der Waals surface area contributed by atoms with Crippen molar-refractivity contribution in [2.45, 2.75) is 26.2 Å². The van der Waals surface area contributed by atoms with Gasteiger partial charge in [-0.25, -0.2) is 4.98 Å². The van der Waals surface area contributed by atoms with Gasteiger partial charge in [0.25, 0.3) is 11.5 Å². The van der Waals surface area contributed by atoms with E-state index in [9.17, 15) is 9.59 Å². The summed E-state index contributed by atoms with van der Waals surface area (Å²) in [6.45, 7) is 1.98. The van der Waals surface area contributed by atoms with Gasteiger partial charge in [0.1, 0.15) is 10.7 Å². The Labute approximate surface area is 171 Å². The number of amides is 1. The molecule has 2 aromatic carbocycles. The van der Waals surface area contributed by atoms with Gasteiger partial charge in [-0.2, -0.15) is 0 Å². The maximum atomic E-state index is 12.7. The number of anilines is 1. The lowest BCUT2D eigenvalue weighted by Crippen LogP contribution is -2.12. The SMILES string of the molecule is Cc1ccc(C(=O)Nc2cccc(-c3nc4sc5c(c4c(=O)[nH]3)CCC5)c2)cc1. The Morgan fingerprint density at radius 1 is 1.14 bits per heavy atom. The highest BCUT2D eigenvalue weighted by Gasteiger charge is 2.21. The zero-order valence-electron chi connectivity index (χ0n) is 15.9. The fourth-order valence-electron chi connectivity index (χ4n) is 3.79. The first kappa shape index (κ1) is 17.8. The average Bonchev–Trinajstić information content (AvgIpc) is 3.29. The number of carbonyl (C=O) groups excluding carboxylic acids is 1. The molecule has 0 saturated carbocycles. The largest absolute Gasteiger partial charge is 0.322 e. The van der Waals surface area contributed by atoms with E-state index in [1.54, 1.807) is 23.5 Å². The van der Waals surface area contributed by atoms with Crippen LogP contribution in [-0.4, -0.2) is 15.9 Å². The Kier molecular flexibility index (Phi) is 4.28. The molecule has 4 aromatic rings. The fourth-order valence-corrected chi connectivity index (χ4v) is 5.05. The van der Waals surface area contributed by atoms with Gasteiger partial charge in [-0.15, -0.1) is 11.3 Å². The third-order valence-corrected chi connectivity index (χ3v) is 6.47. The fraction of sp³-hybridized carbons (Fsp3) is 0.174. The molecule has 0 unspecified atom stereocenters. The highest BCUT2D eigenvalue weighted by atomic mass is 32.1. The first-order valence-electron chi connectivity index (χ1n) is 9.61. The predicted octanol–water partition coefficient (Wildman–Crippen LogP) is 4.70. The van der Waals surface area contributed by atoms with E-state index in [-0.39, 0.29) is 11.5 Å². The lowest BCUT2D eigenvalue weighted by atomic mass is 10.1. The topological polar surface area (TPSA) is 74.8 Å². The summed E-state index contributed by atoms with van der Waals surface area (Å²) in [7, 11) is 0. The van der Waals surface area contributed by atoms with Crippen LogP contribution in [0, 0.1) is 6.92 Å². The van der Waals surface area contributed by atoms with Crippen molar-refractivity contribution in [3.8, 4) is 11.4 Å². The predicted molar refractivity (Wildman–Crippen MR) is 117 cm³/mol. The van der Waals surface area contributed by atoms with Gasteiger partial charge in [0, 0.05) is 21.7 Å². The number of nitrogens with zero attached hydrogens (tertiary/aromatic N) is 1. The molecule has 29 heavy (non-hydrogen) atoms. The molecule has 5 rings (SSSR count). The smallest absolute Gasteiger partial charge is 0.260 e. The highest BCUT2D eigenvalue weighted by Crippen LogP contribution is 2.35. The number of thiophene rings is 1. The summed E-state index contributed by atoms with van der Waals surface area (Å²) >= 11 is 1.62. The second kappa shape index (κ2) is 6.97. The van der Waals surface area contributed by atoms with Gasteiger partial charge < -0.3 is 10.3 Å². The third kappa shape index (κ3) is 3.25. The molecule has 2 heterocycles. The van der Waals surface area contributed by atoms with Crippen molar-refractivity contribution in [2.75, 3.05) is 5.32 Å². The van der Waals surface area contributed by atoms with Gasteiger partial charge in [0.2, 0.25) is 0 Å². The average molecular weight is 401 g/mol. The summed E-state index contributed by atoms with van der Waals surface area (Å²) in [5, 5.41) is 3.66. The molecule has 0 radical (unpaired) electrons. The first-order chi connectivity index (χ1) is 14.1. The zero-order valence-corrected chi connectivity index (χ0v) is 16.7. The van der Waals surface area contributed by atoms with Crippen LogP contribution in [-0.2, 0) is 12.8 Å². The van der Waals surface area contributed by atoms with Gasteiger partial charge in [-0.1, -0.05) is 29.8 Å². The van der Waals surface area contributed by atoms with E-state index in [2.05, 4.69) is 10.3 Å². The maximum Gasteiger partial charge on any atom is 0.260 e. The lowest BCUT2D eigenvalue weighted by Gasteiger charge is -2.08. The number of aryl methyl sites for hydroxylation is 3. The maximum absolute atomic E-state index is 12.7. The molecule has 1 aliphatic carbocycles. The van der Waals surface area contributed by atoms with Gasteiger partial charge in [-0.3, -0.25) is 9.59 Å². The van der Waals surface area contributed by atoms with E-state index in [1.165, 1.54) is 10.4 Å². The molecule has 2 aromatic heterocycles. The number of hydrogen-bond donors (Lipinski definition) is 2. The number of fused-ring (bicyclic) bond motifs is 3. The van der Waals surface area contributed by atoms with Crippen molar-refractivity contribution in [1.82, 2.24) is 9.97 Å². The number of benzene rings is 2. The normalized spacial score (nSPS) is 12.9. The summed E-state index contributed by atoms with van der Waals surface area (Å²) in [4.78, 5) is 34.9. The second-order valence-corrected chi connectivity index (χ2v) is 8.44. The number of H-pyrrole nitrogens is 1. The van der Waals surface area contributed by atoms with Crippen LogP contribution >= 0.6 is 11.3 Å². The number of nitrogens with one attached hydrogen (secondary N) is 2. The molecule has 2 N–H and O–H groups in total. The number of hydrogen-bond acceptors (Lipinski definition) is 4. The van der Waals surface area contributed by atoms with E-state index in [0.717, 1.165) is 40.6 Å². The monoisotopic (exact) mass is 401 g/mol. The first-order valence-corrected chi connectivity index (χ1v) is 10.4. The molecule has 1 amide bonds. The molecule has 0 spiro atoms. The molecule has 0 bridgehead atoms. The van der Waals surface area contributed by atoms with Crippen molar-refractivity contribution in [3.63, 3.8) is 0 Å². The van der Waals surface area contributed by atoms with Crippen molar-refractivity contribution in [3.05, 3.63) is 80.5 Å². The van der Waals surface area contributed by atoms with Crippen molar-refractivity contribution >= 4 is 33.1 Å². The standard InChI is InChI=1S/C23H19N3O2S/c1-13-8-10-14(11-9-13)21(27)24-16-5-2-4-15(12-16)20-25-22(28)19-17-6-3-7-18(17)29-23(19)26-20/h2,4-5,8-12H,3,6-7H2,1H3,(H,24,27)(H,25,26,28). The van der Waals surface area contributed by atoms with Gasteiger partial charge >= 0.3 is 0 Å². The summed E-state index contributed by atoms with van der Waals surface area (Å²) in [5.74, 6) is 0.350. The molecule has 1 aliphatic rings. The third-order valence-electron chi connectivity index (χ3n) is 5.28. The number of carbonyl (C=O) groups is 1. The minimum atomic E-state index is -0.172. The molecule has 6 heteroatoms. The van der Waals surface area contributed by atoms with Gasteiger partial charge in [-0.05, 0) is 56.0 Å². The van der Waals surface area contributed by atoms with Gasteiger partial charge in [0.05, 0.1) is 5.39 Å². The van der Waals surface area contributed by atoms with Crippen LogP contribution in [0.3, 0.4) is 0 Å². The molecule has 0 saturated heterocycles. The van der Waals surface area contributed by atoms with Crippen molar-refractivity contribution in [2.24, 2.45) is 0 Å². The summed E-state index contributed by atoms with van der Waals surface area (Å²) < 4.78 is 0. The summed E-state index contributed by atoms with van der Waals surface area (Å²) in [6, 6.07) is 14.8. The Bertz CT molecular complexity index is 1300. The van der Waals surface area contributed by atoms with E-state index in [0.29, 0.717) is 17.1 Å². The van der Waals surface area contributed by atoms with Crippen LogP contribution in [0.25, 0.3) is 21.6 Å². The minimum absolute atomic E-state index is 0.0847. The van der Waals surface area contributed by atoms with E-state index < -0.39 is 0 Å². The number of rotatable bonds is 3. The van der Waals surface area contributed by atoms with Gasteiger partial charge in [0.15, 0.2) is 0 Å². The van der Waals surface area contributed by atoms with E-state index in [1.807, 2.05) is 43.3 Å². The van der Waals surface area contributed by atoms with E-state index >= 15 is 0 Å². The molecule has 0 atom stereocenters. The van der Waals surface area contributed by atoms with Crippen LogP contribution in [0.2, 0.25) is 0 Å². The molecular weight excluding hydrogens is 382 g/mol. The molecular formula is C23H19N3O2S.